The van der Waals surface area contributed by atoms with E-state index in [0.29, 0.717) is 15.9 Å². The Kier molecular flexibility index (Phi) is 2.83. The lowest BCUT2D eigenvalue weighted by Gasteiger charge is -2.07. The molecule has 4 heteroatoms. The van der Waals surface area contributed by atoms with Crippen LogP contribution in [0.3, 0.4) is 0 Å². The highest BCUT2D eigenvalue weighted by Crippen LogP contribution is 2.24. The molecule has 1 heterocycles. The van der Waals surface area contributed by atoms with Crippen molar-refractivity contribution in [1.29, 1.82) is 0 Å². The molecular formula is C12H11FN2S. The predicted molar refractivity (Wildman–Crippen MR) is 64.3 cm³/mol. The van der Waals surface area contributed by atoms with Gasteiger partial charge in [-0.1, -0.05) is 23.8 Å². The minimum Gasteiger partial charge on any atom is -0.345 e. The molecule has 2 rings (SSSR count). The van der Waals surface area contributed by atoms with Crippen LogP contribution in [0.2, 0.25) is 0 Å². The van der Waals surface area contributed by atoms with Crippen LogP contribution >= 0.6 is 12.2 Å². The second-order valence-electron chi connectivity index (χ2n) is 3.69. The molecule has 82 valence electrons. The zero-order valence-electron chi connectivity index (χ0n) is 9.04. The molecule has 0 saturated carbocycles. The average molecular weight is 234 g/mol. The van der Waals surface area contributed by atoms with Gasteiger partial charge in [0.2, 0.25) is 0 Å². The fourth-order valence-corrected chi connectivity index (χ4v) is 1.73. The van der Waals surface area contributed by atoms with Crippen molar-refractivity contribution < 1.29 is 4.39 Å². The van der Waals surface area contributed by atoms with Crippen molar-refractivity contribution in [2.45, 2.75) is 13.8 Å². The quantitative estimate of drug-likeness (QED) is 0.764. The number of aromatic amines is 1. The lowest BCUT2D eigenvalue weighted by Crippen LogP contribution is -1.94. The van der Waals surface area contributed by atoms with Crippen LogP contribution < -0.4 is 0 Å². The molecule has 2 aromatic rings. The normalized spacial score (nSPS) is 10.4. The Morgan fingerprint density at radius 3 is 2.81 bits per heavy atom. The Morgan fingerprint density at radius 2 is 2.06 bits per heavy atom. The first kappa shape index (κ1) is 11.0. The molecule has 0 saturated heterocycles. The van der Waals surface area contributed by atoms with Crippen molar-refractivity contribution in [3.8, 4) is 11.3 Å². The van der Waals surface area contributed by atoms with Crippen LogP contribution in [0.4, 0.5) is 4.39 Å². The summed E-state index contributed by atoms with van der Waals surface area (Å²) < 4.78 is 14.2. The first-order valence-electron chi connectivity index (χ1n) is 4.90. The summed E-state index contributed by atoms with van der Waals surface area (Å²) in [5.74, 6) is -0.259. The van der Waals surface area contributed by atoms with E-state index < -0.39 is 0 Å². The van der Waals surface area contributed by atoms with Crippen LogP contribution in [0.15, 0.2) is 24.5 Å². The molecule has 0 aliphatic heterocycles. The Labute approximate surface area is 98.2 Å². The minimum atomic E-state index is -0.259. The summed E-state index contributed by atoms with van der Waals surface area (Å²) in [6.45, 7) is 3.76. The van der Waals surface area contributed by atoms with Crippen molar-refractivity contribution in [1.82, 2.24) is 9.97 Å². The van der Waals surface area contributed by atoms with E-state index in [1.807, 2.05) is 13.8 Å². The maximum atomic E-state index is 13.7. The molecule has 1 aromatic carbocycles. The molecule has 0 aliphatic rings. The van der Waals surface area contributed by atoms with Crippen LogP contribution in [-0.2, 0) is 0 Å². The molecule has 0 radical (unpaired) electrons. The van der Waals surface area contributed by atoms with Crippen LogP contribution in [0.1, 0.15) is 11.1 Å². The average Bonchev–Trinajstić information content (AvgIpc) is 2.26. The van der Waals surface area contributed by atoms with Crippen molar-refractivity contribution >= 4 is 12.2 Å². The molecule has 0 spiro atoms. The molecule has 0 fully saturated rings. The Hall–Kier alpha value is -1.55. The summed E-state index contributed by atoms with van der Waals surface area (Å²) in [5, 5.41) is 0. The van der Waals surface area contributed by atoms with E-state index in [9.17, 15) is 4.39 Å². The highest BCUT2D eigenvalue weighted by Gasteiger charge is 2.09. The van der Waals surface area contributed by atoms with Crippen LogP contribution in [0.5, 0.6) is 0 Å². The number of nitrogens with one attached hydrogen (secondary N) is 1. The number of aromatic nitrogens is 2. The molecule has 0 atom stereocenters. The first-order valence-corrected chi connectivity index (χ1v) is 5.31. The van der Waals surface area contributed by atoms with Crippen LogP contribution in [0.25, 0.3) is 11.3 Å². The third-order valence-electron chi connectivity index (χ3n) is 2.48. The van der Waals surface area contributed by atoms with Crippen molar-refractivity contribution in [3.63, 3.8) is 0 Å². The molecule has 2 nitrogen and oxygen atoms in total. The zero-order chi connectivity index (χ0) is 11.7. The summed E-state index contributed by atoms with van der Waals surface area (Å²) >= 11 is 5.06. The SMILES string of the molecule is Cc1ccc(F)c(-c2[nH]cnc(=S)c2C)c1. The van der Waals surface area contributed by atoms with E-state index in [0.717, 1.165) is 11.1 Å². The van der Waals surface area contributed by atoms with Crippen molar-refractivity contribution in [3.05, 3.63) is 46.1 Å². The summed E-state index contributed by atoms with van der Waals surface area (Å²) in [6.07, 6.45) is 1.49. The smallest absolute Gasteiger partial charge is 0.132 e. The fraction of sp³-hybridized carbons (Fsp3) is 0.167. The summed E-state index contributed by atoms with van der Waals surface area (Å²) in [7, 11) is 0. The van der Waals surface area contributed by atoms with Gasteiger partial charge in [-0.25, -0.2) is 9.37 Å². The molecule has 1 aromatic heterocycles. The molecular weight excluding hydrogens is 223 g/mol. The van der Waals surface area contributed by atoms with E-state index in [2.05, 4.69) is 9.97 Å². The van der Waals surface area contributed by atoms with Gasteiger partial charge in [0.1, 0.15) is 10.5 Å². The Bertz CT molecular complexity index is 590. The maximum Gasteiger partial charge on any atom is 0.132 e. The van der Waals surface area contributed by atoms with Gasteiger partial charge >= 0.3 is 0 Å². The fourth-order valence-electron chi connectivity index (χ4n) is 1.58. The molecule has 16 heavy (non-hydrogen) atoms. The number of rotatable bonds is 1. The van der Waals surface area contributed by atoms with Gasteiger partial charge in [-0.05, 0) is 26.0 Å². The van der Waals surface area contributed by atoms with E-state index in [4.69, 9.17) is 12.2 Å². The van der Waals surface area contributed by atoms with E-state index in [1.54, 1.807) is 12.1 Å². The number of hydrogen-bond acceptors (Lipinski definition) is 2. The highest BCUT2D eigenvalue weighted by molar-refractivity contribution is 7.71. The van der Waals surface area contributed by atoms with Gasteiger partial charge in [0.05, 0.1) is 12.0 Å². The van der Waals surface area contributed by atoms with Gasteiger partial charge in [-0.15, -0.1) is 0 Å². The van der Waals surface area contributed by atoms with Gasteiger partial charge in [-0.2, -0.15) is 0 Å². The van der Waals surface area contributed by atoms with E-state index in [-0.39, 0.29) is 5.82 Å². The van der Waals surface area contributed by atoms with Crippen molar-refractivity contribution in [2.24, 2.45) is 0 Å². The van der Waals surface area contributed by atoms with Crippen molar-refractivity contribution in [2.75, 3.05) is 0 Å². The third kappa shape index (κ3) is 1.88. The monoisotopic (exact) mass is 234 g/mol. The summed E-state index contributed by atoms with van der Waals surface area (Å²) in [5.41, 5.74) is 3.03. The summed E-state index contributed by atoms with van der Waals surface area (Å²) in [4.78, 5) is 6.90. The second kappa shape index (κ2) is 4.14. The largest absolute Gasteiger partial charge is 0.345 e. The Morgan fingerprint density at radius 1 is 1.31 bits per heavy atom. The number of H-pyrrole nitrogens is 1. The zero-order valence-corrected chi connectivity index (χ0v) is 9.86. The predicted octanol–water partition coefficient (Wildman–Crippen LogP) is 3.56. The molecule has 0 unspecified atom stereocenters. The summed E-state index contributed by atoms with van der Waals surface area (Å²) in [6, 6.07) is 4.99. The number of nitrogens with zero attached hydrogens (tertiary/aromatic N) is 1. The molecule has 0 aliphatic carbocycles. The lowest BCUT2D eigenvalue weighted by atomic mass is 10.1. The minimum absolute atomic E-state index is 0.259. The number of aryl methyl sites for hydroxylation is 1. The molecule has 1 N–H and O–H groups in total. The van der Waals surface area contributed by atoms with Gasteiger partial charge in [0.15, 0.2) is 0 Å². The second-order valence-corrected chi connectivity index (χ2v) is 4.08. The van der Waals surface area contributed by atoms with Gasteiger partial charge in [0.25, 0.3) is 0 Å². The topological polar surface area (TPSA) is 28.7 Å². The molecule has 0 bridgehead atoms. The van der Waals surface area contributed by atoms with Crippen LogP contribution in [0, 0.1) is 24.3 Å². The maximum absolute atomic E-state index is 13.7. The van der Waals surface area contributed by atoms with E-state index >= 15 is 0 Å². The standard InChI is InChI=1S/C12H11FN2S/c1-7-3-4-10(13)9(5-7)11-8(2)12(16)15-6-14-11/h3-6H,1-2H3,(H,14,15,16). The number of hydrogen-bond donors (Lipinski definition) is 1. The number of benzene rings is 1. The highest BCUT2D eigenvalue weighted by atomic mass is 32.1. The first-order chi connectivity index (χ1) is 7.59. The lowest BCUT2D eigenvalue weighted by molar-refractivity contribution is 0.630. The van der Waals surface area contributed by atoms with Gasteiger partial charge in [-0.3, -0.25) is 0 Å². The Balaban J connectivity index is 2.72. The molecule has 0 amide bonds. The van der Waals surface area contributed by atoms with E-state index in [1.165, 1.54) is 12.4 Å². The van der Waals surface area contributed by atoms with Gasteiger partial charge in [0, 0.05) is 11.1 Å². The third-order valence-corrected chi connectivity index (χ3v) is 2.89. The van der Waals surface area contributed by atoms with Crippen LogP contribution in [-0.4, -0.2) is 9.97 Å². The van der Waals surface area contributed by atoms with Gasteiger partial charge < -0.3 is 4.98 Å². The number of halogens is 1.